The zero-order valence-corrected chi connectivity index (χ0v) is 33.0. The molecule has 7 aromatic rings. The Morgan fingerprint density at radius 1 is 0.298 bits per heavy atom. The predicted molar refractivity (Wildman–Crippen MR) is 227 cm³/mol. The number of benzene rings is 7. The number of fused-ring (bicyclic) bond motifs is 9. The topological polar surface area (TPSA) is 71.4 Å². The lowest BCUT2D eigenvalue weighted by Crippen LogP contribution is -2.19. The molecule has 0 aromatic heterocycles. The molecule has 3 aliphatic carbocycles. The standard InChI is InChI=1S/C54H39N3/c1-28-7-13-34-40(19-28)41-20-29(2)8-14-35(41)49(34)52-47(26-56)46(25-55)48(27-57)53(50-36-15-9-30(3)21-42(36)43-22-31(4)10-16-37(43)50)54(52)51-38-17-11-32(5)23-44(38)45-24-33(6)12-18-39(45)51/h7-24,49-51H,1-6H3. The first kappa shape index (κ1) is 34.5. The summed E-state index contributed by atoms with van der Waals surface area (Å²) in [6.45, 7) is 12.8. The number of hydrogen-bond acceptors (Lipinski definition) is 3. The molecule has 0 saturated heterocycles. The third-order valence-corrected chi connectivity index (χ3v) is 12.8. The highest BCUT2D eigenvalue weighted by Gasteiger charge is 2.44. The van der Waals surface area contributed by atoms with Crippen molar-refractivity contribution >= 4 is 0 Å². The van der Waals surface area contributed by atoms with Crippen molar-refractivity contribution in [2.75, 3.05) is 0 Å². The van der Waals surface area contributed by atoms with Crippen molar-refractivity contribution in [3.05, 3.63) is 209 Å². The first-order chi connectivity index (χ1) is 27.6. The maximum Gasteiger partial charge on any atom is 0.102 e. The van der Waals surface area contributed by atoms with E-state index in [4.69, 9.17) is 0 Å². The number of nitrogens with zero attached hydrogens (tertiary/aromatic N) is 3. The maximum absolute atomic E-state index is 11.4. The molecule has 10 rings (SSSR count). The molecule has 0 amide bonds. The van der Waals surface area contributed by atoms with E-state index >= 15 is 0 Å². The molecule has 0 N–H and O–H groups in total. The molecule has 3 heteroatoms. The van der Waals surface area contributed by atoms with E-state index in [2.05, 4.69) is 169 Å². The first-order valence-corrected chi connectivity index (χ1v) is 19.7. The SMILES string of the molecule is Cc1ccc2c(c1)-c1cc(C)ccc1C2c1c(C#N)c(C#N)c(C#N)c(C2c3ccc(C)cc3-c3cc(C)ccc32)c1C1c2ccc(C)cc2-c2cc(C)ccc21. The van der Waals surface area contributed by atoms with Crippen molar-refractivity contribution in [1.29, 1.82) is 15.8 Å². The van der Waals surface area contributed by atoms with E-state index in [0.717, 1.165) is 94.6 Å². The van der Waals surface area contributed by atoms with E-state index in [1.54, 1.807) is 0 Å². The molecule has 0 bridgehead atoms. The van der Waals surface area contributed by atoms with Crippen molar-refractivity contribution in [2.24, 2.45) is 0 Å². The fraction of sp³-hybridized carbons (Fsp3) is 0.167. The van der Waals surface area contributed by atoms with Crippen molar-refractivity contribution in [1.82, 2.24) is 0 Å². The number of rotatable bonds is 3. The minimum atomic E-state index is -0.348. The molecule has 0 radical (unpaired) electrons. The largest absolute Gasteiger partial charge is 0.192 e. The van der Waals surface area contributed by atoms with Crippen LogP contribution < -0.4 is 0 Å². The van der Waals surface area contributed by atoms with Crippen LogP contribution in [0.4, 0.5) is 0 Å². The van der Waals surface area contributed by atoms with Gasteiger partial charge in [-0.1, -0.05) is 143 Å². The van der Waals surface area contributed by atoms with E-state index < -0.39 is 0 Å². The van der Waals surface area contributed by atoms with Crippen molar-refractivity contribution in [3.63, 3.8) is 0 Å². The van der Waals surface area contributed by atoms with Gasteiger partial charge in [-0.05, 0) is 125 Å². The van der Waals surface area contributed by atoms with Crippen LogP contribution >= 0.6 is 0 Å². The molecule has 0 fully saturated rings. The Morgan fingerprint density at radius 2 is 0.509 bits per heavy atom. The third kappa shape index (κ3) is 4.88. The van der Waals surface area contributed by atoms with Crippen LogP contribution in [0.3, 0.4) is 0 Å². The lowest BCUT2D eigenvalue weighted by molar-refractivity contribution is 0.867. The lowest BCUT2D eigenvalue weighted by atomic mass is 9.69. The van der Waals surface area contributed by atoms with Gasteiger partial charge < -0.3 is 0 Å². The molecule has 0 saturated carbocycles. The number of aryl methyl sites for hydroxylation is 6. The summed E-state index contributed by atoms with van der Waals surface area (Å²) in [5.41, 5.74) is 24.1. The molecule has 0 aliphatic heterocycles. The Kier molecular flexibility index (Phi) is 7.57. The normalized spacial score (nSPS) is 13.5. The summed E-state index contributed by atoms with van der Waals surface area (Å²) >= 11 is 0. The highest BCUT2D eigenvalue weighted by molar-refractivity contribution is 5.89. The molecule has 0 unspecified atom stereocenters. The summed E-state index contributed by atoms with van der Waals surface area (Å²) in [5, 5.41) is 34.1. The van der Waals surface area contributed by atoms with Crippen LogP contribution in [0.25, 0.3) is 33.4 Å². The van der Waals surface area contributed by atoms with E-state index in [1.807, 2.05) is 0 Å². The molecule has 3 nitrogen and oxygen atoms in total. The summed E-state index contributed by atoms with van der Waals surface area (Å²) < 4.78 is 0. The second-order valence-electron chi connectivity index (χ2n) is 16.5. The molecule has 57 heavy (non-hydrogen) atoms. The first-order valence-electron chi connectivity index (χ1n) is 19.7. The van der Waals surface area contributed by atoms with Gasteiger partial charge in [-0.2, -0.15) is 15.8 Å². The van der Waals surface area contributed by atoms with Gasteiger partial charge in [0.25, 0.3) is 0 Å². The second-order valence-corrected chi connectivity index (χ2v) is 16.5. The summed E-state index contributed by atoms with van der Waals surface area (Å²) in [6, 6.07) is 47.6. The van der Waals surface area contributed by atoms with Crippen molar-refractivity contribution in [2.45, 2.75) is 59.3 Å². The Labute approximate surface area is 334 Å². The zero-order chi connectivity index (χ0) is 39.4. The van der Waals surface area contributed by atoms with Gasteiger partial charge >= 0.3 is 0 Å². The lowest BCUT2D eigenvalue weighted by Gasteiger charge is -2.32. The van der Waals surface area contributed by atoms with Gasteiger partial charge in [0.15, 0.2) is 0 Å². The highest BCUT2D eigenvalue weighted by atomic mass is 14.5. The molecular weight excluding hydrogens is 691 g/mol. The van der Waals surface area contributed by atoms with Crippen molar-refractivity contribution in [3.8, 4) is 51.6 Å². The maximum atomic E-state index is 11.4. The summed E-state index contributed by atoms with van der Waals surface area (Å²) in [4.78, 5) is 0. The van der Waals surface area contributed by atoms with Gasteiger partial charge in [0, 0.05) is 17.8 Å². The van der Waals surface area contributed by atoms with E-state index in [0.29, 0.717) is 11.1 Å². The van der Waals surface area contributed by atoms with Gasteiger partial charge in [0.2, 0.25) is 0 Å². The Balaban J connectivity index is 1.44. The fourth-order valence-corrected chi connectivity index (χ4v) is 10.4. The smallest absolute Gasteiger partial charge is 0.102 e. The quantitative estimate of drug-likeness (QED) is 0.182. The molecule has 7 aromatic carbocycles. The number of nitriles is 3. The van der Waals surface area contributed by atoms with Crippen LogP contribution in [-0.2, 0) is 0 Å². The zero-order valence-electron chi connectivity index (χ0n) is 33.0. The molecule has 270 valence electrons. The van der Waals surface area contributed by atoms with Gasteiger partial charge in [-0.25, -0.2) is 0 Å². The Morgan fingerprint density at radius 3 is 0.719 bits per heavy atom. The van der Waals surface area contributed by atoms with Gasteiger partial charge in [-0.15, -0.1) is 0 Å². The summed E-state index contributed by atoms with van der Waals surface area (Å²) in [5.74, 6) is -1.00. The second kappa shape index (κ2) is 12.5. The van der Waals surface area contributed by atoms with Gasteiger partial charge in [0.1, 0.15) is 18.2 Å². The number of hydrogen-bond donors (Lipinski definition) is 0. The van der Waals surface area contributed by atoms with Crippen LogP contribution in [0.15, 0.2) is 109 Å². The van der Waals surface area contributed by atoms with Gasteiger partial charge in [-0.3, -0.25) is 0 Å². The summed E-state index contributed by atoms with van der Waals surface area (Å²) in [6.07, 6.45) is 0. The van der Waals surface area contributed by atoms with Crippen LogP contribution in [0.5, 0.6) is 0 Å². The molecule has 0 heterocycles. The Hall–Kier alpha value is -6.99. The molecule has 0 spiro atoms. The molecular formula is C54H39N3. The molecule has 3 aliphatic rings. The Bertz CT molecular complexity index is 2780. The van der Waals surface area contributed by atoms with Gasteiger partial charge in [0.05, 0.1) is 16.7 Å². The molecule has 0 atom stereocenters. The van der Waals surface area contributed by atoms with E-state index in [1.165, 1.54) is 22.3 Å². The van der Waals surface area contributed by atoms with Crippen LogP contribution in [0, 0.1) is 75.5 Å². The highest BCUT2D eigenvalue weighted by Crippen LogP contribution is 2.60. The summed E-state index contributed by atoms with van der Waals surface area (Å²) in [7, 11) is 0. The van der Waals surface area contributed by atoms with Crippen LogP contribution in [0.1, 0.15) is 118 Å². The fourth-order valence-electron chi connectivity index (χ4n) is 10.4. The average molecular weight is 730 g/mol. The average Bonchev–Trinajstić information content (AvgIpc) is 3.80. The predicted octanol–water partition coefficient (Wildman–Crippen LogP) is 12.6. The van der Waals surface area contributed by atoms with Crippen molar-refractivity contribution < 1.29 is 0 Å². The van der Waals surface area contributed by atoms with Crippen LogP contribution in [0.2, 0.25) is 0 Å². The minimum absolute atomic E-state index is 0.156. The van der Waals surface area contributed by atoms with E-state index in [9.17, 15) is 15.8 Å². The van der Waals surface area contributed by atoms with Crippen LogP contribution in [-0.4, -0.2) is 0 Å². The van der Waals surface area contributed by atoms with E-state index in [-0.39, 0.29) is 23.3 Å². The minimum Gasteiger partial charge on any atom is -0.192 e. The monoisotopic (exact) mass is 729 g/mol. The third-order valence-electron chi connectivity index (χ3n) is 12.8.